The molecule has 1 amide bonds. The van der Waals surface area contributed by atoms with Gasteiger partial charge in [0.05, 0.1) is 21.1 Å². The molecule has 1 fully saturated rings. The summed E-state index contributed by atoms with van der Waals surface area (Å²) < 4.78 is 8.27. The van der Waals surface area contributed by atoms with Gasteiger partial charge in [-0.1, -0.05) is 0 Å². The van der Waals surface area contributed by atoms with Crippen LogP contribution in [0.5, 0.6) is 0 Å². The summed E-state index contributed by atoms with van der Waals surface area (Å²) in [5.74, 6) is -0.332. The highest BCUT2D eigenvalue weighted by molar-refractivity contribution is 5.95. The summed E-state index contributed by atoms with van der Waals surface area (Å²) >= 11 is 0. The van der Waals surface area contributed by atoms with E-state index in [2.05, 4.69) is 11.4 Å². The lowest BCUT2D eigenvalue weighted by molar-refractivity contribution is -0.114. The maximum absolute atomic E-state index is 12.8. The van der Waals surface area contributed by atoms with Gasteiger partial charge in [-0.3, -0.25) is 23.2 Å². The van der Waals surface area contributed by atoms with E-state index in [1.54, 1.807) is 25.1 Å². The first-order chi connectivity index (χ1) is 15.5. The van der Waals surface area contributed by atoms with Crippen LogP contribution in [0.2, 0.25) is 0 Å². The number of nitrogens with zero attached hydrogens (tertiary/aromatic N) is 4. The summed E-state index contributed by atoms with van der Waals surface area (Å²) in [7, 11) is 5.83. The number of aryl methyl sites for hydroxylation is 1. The Morgan fingerprint density at radius 2 is 2.03 bits per heavy atom. The number of aliphatic hydroxyl groups excluding tert-OH is 1. The Labute approximate surface area is 191 Å². The van der Waals surface area contributed by atoms with E-state index in [-0.39, 0.29) is 19.0 Å². The Balaban J connectivity index is 1.66. The summed E-state index contributed by atoms with van der Waals surface area (Å²) in [5, 5.41) is 21.8. The quantitative estimate of drug-likeness (QED) is 0.470. The largest absolute Gasteiger partial charge is 0.368 e. The Bertz CT molecular complexity index is 1200. The van der Waals surface area contributed by atoms with Crippen molar-refractivity contribution < 1.29 is 14.6 Å². The first-order valence-electron chi connectivity index (χ1n) is 10.8. The van der Waals surface area contributed by atoms with E-state index in [9.17, 15) is 24.8 Å². The smallest absolute Gasteiger partial charge is 0.333 e. The molecule has 2 aromatic rings. The normalized spacial score (nSPS) is 18.2. The number of hydrogen-bond donors (Lipinski definition) is 2. The van der Waals surface area contributed by atoms with Gasteiger partial charge in [-0.25, -0.2) is 4.79 Å². The van der Waals surface area contributed by atoms with Crippen LogP contribution in [-0.2, 0) is 11.3 Å². The Morgan fingerprint density at radius 3 is 2.64 bits per heavy atom. The third-order valence-corrected chi connectivity index (χ3v) is 5.60. The van der Waals surface area contributed by atoms with Crippen LogP contribution in [-0.4, -0.2) is 54.1 Å². The number of ether oxygens (including phenoxy) is 1. The number of carbonyl (C=O) groups excluding carboxylic acids is 1. The van der Waals surface area contributed by atoms with Crippen LogP contribution in [0.1, 0.15) is 47.0 Å². The zero-order valence-corrected chi connectivity index (χ0v) is 19.4. The number of hydrogen-bond acceptors (Lipinski definition) is 6. The number of nitriles is 1. The summed E-state index contributed by atoms with van der Waals surface area (Å²) in [6, 6.07) is 7.15. The molecule has 176 valence electrons. The topological polar surface area (TPSA) is 126 Å². The van der Waals surface area contributed by atoms with E-state index >= 15 is 0 Å². The van der Waals surface area contributed by atoms with Crippen molar-refractivity contribution in [1.29, 1.82) is 5.26 Å². The minimum atomic E-state index is -0.921. The van der Waals surface area contributed by atoms with Crippen molar-refractivity contribution in [3.63, 3.8) is 0 Å². The van der Waals surface area contributed by atoms with Crippen molar-refractivity contribution in [3.05, 3.63) is 61.9 Å². The van der Waals surface area contributed by atoms with Gasteiger partial charge in [-0.15, -0.1) is 0 Å². The summed E-state index contributed by atoms with van der Waals surface area (Å²) in [6.07, 6.45) is 1.19. The lowest BCUT2D eigenvalue weighted by Gasteiger charge is -2.24. The van der Waals surface area contributed by atoms with Gasteiger partial charge in [0.2, 0.25) is 0 Å². The Hall–Kier alpha value is -3.26. The number of amides is 1. The molecule has 2 N–H and O–H groups in total. The van der Waals surface area contributed by atoms with E-state index in [0.717, 1.165) is 10.3 Å². The molecule has 3 rings (SSSR count). The third kappa shape index (κ3) is 5.39. The minimum absolute atomic E-state index is 0.124. The Morgan fingerprint density at radius 1 is 1.30 bits per heavy atom. The molecule has 1 aliphatic rings. The van der Waals surface area contributed by atoms with Crippen LogP contribution in [0.4, 0.5) is 5.69 Å². The van der Waals surface area contributed by atoms with Crippen molar-refractivity contribution in [3.8, 4) is 6.07 Å². The lowest BCUT2D eigenvalue weighted by Crippen LogP contribution is -2.42. The molecule has 0 bridgehead atoms. The molecule has 0 aliphatic carbocycles. The van der Waals surface area contributed by atoms with E-state index in [4.69, 9.17) is 4.74 Å². The molecule has 1 aliphatic heterocycles. The van der Waals surface area contributed by atoms with Gasteiger partial charge in [-0.2, -0.15) is 5.26 Å². The van der Waals surface area contributed by atoms with Gasteiger partial charge < -0.3 is 15.2 Å². The van der Waals surface area contributed by atoms with E-state index in [0.29, 0.717) is 40.4 Å². The first-order valence-corrected chi connectivity index (χ1v) is 10.8. The van der Waals surface area contributed by atoms with Crippen LogP contribution < -0.4 is 21.0 Å². The van der Waals surface area contributed by atoms with Crippen molar-refractivity contribution in [2.75, 3.05) is 27.7 Å². The van der Waals surface area contributed by atoms with Crippen molar-refractivity contribution in [2.45, 2.75) is 45.2 Å². The van der Waals surface area contributed by atoms with Gasteiger partial charge in [0.15, 0.2) is 6.29 Å². The van der Waals surface area contributed by atoms with Gasteiger partial charge in [-0.05, 0) is 31.9 Å². The molecule has 0 spiro atoms. The predicted molar refractivity (Wildman–Crippen MR) is 123 cm³/mol. The fourth-order valence-corrected chi connectivity index (χ4v) is 3.86. The van der Waals surface area contributed by atoms with Gasteiger partial charge >= 0.3 is 5.69 Å². The second kappa shape index (κ2) is 9.70. The molecule has 2 heterocycles. The highest BCUT2D eigenvalue weighted by atomic mass is 16.6. The van der Waals surface area contributed by atoms with E-state index in [1.807, 2.05) is 21.1 Å². The maximum Gasteiger partial charge on any atom is 0.333 e. The van der Waals surface area contributed by atoms with Crippen LogP contribution in [0.15, 0.2) is 34.0 Å². The average molecular weight is 457 g/mol. The number of rotatable bonds is 7. The van der Waals surface area contributed by atoms with Crippen molar-refractivity contribution in [2.24, 2.45) is 0 Å². The zero-order valence-electron chi connectivity index (χ0n) is 19.4. The number of nitrogens with one attached hydrogen (secondary N) is 1. The minimum Gasteiger partial charge on any atom is -0.368 e. The molecule has 1 aromatic heterocycles. The SMILES string of the molecule is Cc1cn(C2CCC(O)O2)c(=O)n(CCCNC(=O)c2ccc([N+](C)(C)C)c(C#N)c2)c1=O. The van der Waals surface area contributed by atoms with Crippen molar-refractivity contribution in [1.82, 2.24) is 18.9 Å². The van der Waals surface area contributed by atoms with Crippen LogP contribution >= 0.6 is 0 Å². The number of aromatic nitrogens is 2. The van der Waals surface area contributed by atoms with Gasteiger partial charge in [0, 0.05) is 42.9 Å². The molecule has 0 radical (unpaired) electrons. The standard InChI is InChI=1S/C23H29N5O5/c1-15-14-27(19-8-9-20(29)33-19)23(32)26(22(15)31)11-5-10-25-21(30)16-6-7-18(28(2,3)4)17(12-16)13-24/h6-7,12,14,19-20,29H,5,8-11H2,1-4H3/p+1. The van der Waals surface area contributed by atoms with Crippen molar-refractivity contribution >= 4 is 11.6 Å². The van der Waals surface area contributed by atoms with Crippen LogP contribution in [0.3, 0.4) is 0 Å². The number of carbonyl (C=O) groups is 1. The first kappa shape index (κ1) is 24.4. The molecule has 1 saturated heterocycles. The number of quaternary nitrogens is 1. The molecule has 2 atom stereocenters. The highest BCUT2D eigenvalue weighted by Gasteiger charge is 2.27. The fraction of sp³-hybridized carbons (Fsp3) is 0.478. The second-order valence-electron chi connectivity index (χ2n) is 9.05. The van der Waals surface area contributed by atoms with Crippen LogP contribution in [0, 0.1) is 18.3 Å². The summed E-state index contributed by atoms with van der Waals surface area (Å²) in [6.45, 7) is 1.99. The molecule has 33 heavy (non-hydrogen) atoms. The monoisotopic (exact) mass is 456 g/mol. The van der Waals surface area contributed by atoms with Gasteiger partial charge in [0.25, 0.3) is 11.5 Å². The number of aliphatic hydroxyl groups is 1. The number of benzene rings is 1. The third-order valence-electron chi connectivity index (χ3n) is 5.60. The van der Waals surface area contributed by atoms with E-state index < -0.39 is 23.8 Å². The fourth-order valence-electron chi connectivity index (χ4n) is 3.86. The molecule has 1 aromatic carbocycles. The van der Waals surface area contributed by atoms with Crippen LogP contribution in [0.25, 0.3) is 0 Å². The predicted octanol–water partition coefficient (Wildman–Crippen LogP) is 0.834. The zero-order chi connectivity index (χ0) is 24.3. The molecule has 10 nitrogen and oxygen atoms in total. The molecule has 2 unspecified atom stereocenters. The summed E-state index contributed by atoms with van der Waals surface area (Å²) in [4.78, 5) is 37.8. The highest BCUT2D eigenvalue weighted by Crippen LogP contribution is 2.25. The van der Waals surface area contributed by atoms with Gasteiger partial charge in [0.1, 0.15) is 23.5 Å². The second-order valence-corrected chi connectivity index (χ2v) is 9.05. The molecule has 0 saturated carbocycles. The molecular formula is C23H30N5O5+. The molecular weight excluding hydrogens is 426 g/mol. The maximum atomic E-state index is 12.8. The average Bonchev–Trinajstić information content (AvgIpc) is 3.20. The summed E-state index contributed by atoms with van der Waals surface area (Å²) in [5.41, 5.74) is 1.10. The van der Waals surface area contributed by atoms with E-state index in [1.165, 1.54) is 10.8 Å². The Kier molecular flexibility index (Phi) is 7.17. The molecule has 10 heteroatoms. The lowest BCUT2D eigenvalue weighted by atomic mass is 10.1.